The molecule has 204 valence electrons. The number of hydrogen-bond donors (Lipinski definition) is 0. The number of carbonyl (C=O) groups excluding carboxylic acids is 1. The number of esters is 1. The van der Waals surface area contributed by atoms with Gasteiger partial charge < -0.3 is 14.1 Å². The summed E-state index contributed by atoms with van der Waals surface area (Å²) in [6, 6.07) is 16.5. The number of anilines is 1. The fourth-order valence-corrected chi connectivity index (χ4v) is 5.58. The molecule has 1 aliphatic rings. The van der Waals surface area contributed by atoms with Crippen molar-refractivity contribution in [1.29, 1.82) is 0 Å². The van der Waals surface area contributed by atoms with Crippen LogP contribution >= 0.6 is 11.3 Å². The molecule has 0 N–H and O–H groups in total. The first-order valence-corrected chi connectivity index (χ1v) is 13.3. The molecule has 0 radical (unpaired) electrons. The van der Waals surface area contributed by atoms with E-state index in [0.29, 0.717) is 37.7 Å². The lowest BCUT2D eigenvalue weighted by atomic mass is 9.95. The second-order valence-corrected chi connectivity index (χ2v) is 10.3. The molecule has 0 fully saturated rings. The van der Waals surface area contributed by atoms with E-state index in [-0.39, 0.29) is 17.9 Å². The molecule has 0 saturated heterocycles. The van der Waals surface area contributed by atoms with Crippen LogP contribution in [0.4, 0.5) is 11.4 Å². The van der Waals surface area contributed by atoms with E-state index in [0.717, 1.165) is 11.3 Å². The Morgan fingerprint density at radius 3 is 2.62 bits per heavy atom. The van der Waals surface area contributed by atoms with Crippen LogP contribution in [-0.2, 0) is 9.53 Å². The van der Waals surface area contributed by atoms with Crippen molar-refractivity contribution in [3.8, 4) is 11.3 Å². The van der Waals surface area contributed by atoms with Crippen LogP contribution in [0.3, 0.4) is 0 Å². The second-order valence-electron chi connectivity index (χ2n) is 9.30. The van der Waals surface area contributed by atoms with E-state index < -0.39 is 16.9 Å². The normalized spacial score (nSPS) is 15.0. The van der Waals surface area contributed by atoms with Gasteiger partial charge in [0.2, 0.25) is 0 Å². The van der Waals surface area contributed by atoms with Crippen LogP contribution in [0.15, 0.2) is 86.1 Å². The molecule has 2 aromatic carbocycles. The van der Waals surface area contributed by atoms with Gasteiger partial charge >= 0.3 is 5.97 Å². The molecule has 4 aromatic rings. The summed E-state index contributed by atoms with van der Waals surface area (Å²) in [5, 5.41) is 11.2. The SMILES string of the molecule is CCOC(=O)C1=C(C)N=c2s/c(=C/c3ccc(-c4cccc([N+](=O)[O-])c4)o3)c(=O)n2C1c1ccc(N(C)C)cc1. The lowest BCUT2D eigenvalue weighted by Crippen LogP contribution is -2.39. The van der Waals surface area contributed by atoms with Gasteiger partial charge in [-0.15, -0.1) is 0 Å². The first-order valence-electron chi connectivity index (χ1n) is 12.5. The third-order valence-corrected chi connectivity index (χ3v) is 7.47. The van der Waals surface area contributed by atoms with Crippen LogP contribution in [0.5, 0.6) is 0 Å². The van der Waals surface area contributed by atoms with Crippen molar-refractivity contribution in [3.63, 3.8) is 0 Å². The summed E-state index contributed by atoms with van der Waals surface area (Å²) in [5.41, 5.74) is 2.70. The van der Waals surface area contributed by atoms with Crippen molar-refractivity contribution in [2.45, 2.75) is 19.9 Å². The summed E-state index contributed by atoms with van der Waals surface area (Å²) >= 11 is 1.19. The smallest absolute Gasteiger partial charge is 0.338 e. The zero-order chi connectivity index (χ0) is 28.6. The van der Waals surface area contributed by atoms with E-state index in [1.807, 2.05) is 43.3 Å². The van der Waals surface area contributed by atoms with Gasteiger partial charge in [0.25, 0.3) is 11.2 Å². The zero-order valence-corrected chi connectivity index (χ0v) is 23.1. The van der Waals surface area contributed by atoms with Gasteiger partial charge in [0.15, 0.2) is 4.80 Å². The van der Waals surface area contributed by atoms with Gasteiger partial charge in [0, 0.05) is 43.6 Å². The molecule has 3 heterocycles. The molecule has 11 heteroatoms. The minimum atomic E-state index is -0.717. The molecule has 0 aliphatic carbocycles. The minimum absolute atomic E-state index is 0.0462. The van der Waals surface area contributed by atoms with Crippen LogP contribution in [0, 0.1) is 10.1 Å². The number of benzene rings is 2. The van der Waals surface area contributed by atoms with Crippen molar-refractivity contribution >= 4 is 34.8 Å². The first kappa shape index (κ1) is 26.8. The number of furan rings is 1. The molecule has 0 saturated carbocycles. The Morgan fingerprint density at radius 1 is 1.20 bits per heavy atom. The molecule has 1 atom stereocenters. The number of nitro benzene ring substituents is 1. The van der Waals surface area contributed by atoms with Crippen LogP contribution in [0.1, 0.15) is 31.2 Å². The fraction of sp³-hybridized carbons (Fsp3) is 0.207. The number of aromatic nitrogens is 1. The average Bonchev–Trinajstić information content (AvgIpc) is 3.52. The van der Waals surface area contributed by atoms with Crippen LogP contribution in [-0.4, -0.2) is 36.2 Å². The molecule has 10 nitrogen and oxygen atoms in total. The second kappa shape index (κ2) is 10.8. The largest absolute Gasteiger partial charge is 0.463 e. The van der Waals surface area contributed by atoms with Crippen molar-refractivity contribution in [2.75, 3.05) is 25.6 Å². The van der Waals surface area contributed by atoms with Crippen molar-refractivity contribution < 1.29 is 18.9 Å². The van der Waals surface area contributed by atoms with Gasteiger partial charge in [-0.05, 0) is 43.7 Å². The Labute approximate surface area is 232 Å². The topological polar surface area (TPSA) is 120 Å². The van der Waals surface area contributed by atoms with Crippen molar-refractivity contribution in [3.05, 3.63) is 113 Å². The number of non-ortho nitro benzene ring substituents is 1. The van der Waals surface area contributed by atoms with Gasteiger partial charge in [0.1, 0.15) is 11.5 Å². The maximum Gasteiger partial charge on any atom is 0.338 e. The standard InChI is InChI=1S/C29H26N4O6S/c1-5-38-28(35)25-17(2)30-29-32(26(25)18-9-11-20(12-10-18)31(3)4)27(34)24(40-29)16-22-13-14-23(39-22)19-7-6-8-21(15-19)33(36)37/h6-16,26H,5H2,1-4H3/b24-16+. The molecule has 1 aliphatic heterocycles. The number of fused-ring (bicyclic) bond motifs is 1. The molecular weight excluding hydrogens is 532 g/mol. The number of nitro groups is 1. The van der Waals surface area contributed by atoms with Gasteiger partial charge in [-0.2, -0.15) is 0 Å². The Hall–Kier alpha value is -4.77. The summed E-state index contributed by atoms with van der Waals surface area (Å²) in [4.78, 5) is 44.6. The van der Waals surface area contributed by atoms with Gasteiger partial charge in [-0.25, -0.2) is 9.79 Å². The number of allylic oxidation sites excluding steroid dienone is 1. The quantitative estimate of drug-likeness (QED) is 0.191. The molecule has 0 spiro atoms. The number of thiazole rings is 1. The Morgan fingerprint density at radius 2 is 1.95 bits per heavy atom. The van der Waals surface area contributed by atoms with E-state index >= 15 is 0 Å². The van der Waals surface area contributed by atoms with Crippen molar-refractivity contribution in [2.24, 2.45) is 4.99 Å². The summed E-state index contributed by atoms with van der Waals surface area (Å²) in [5.74, 6) is 0.314. The lowest BCUT2D eigenvalue weighted by Gasteiger charge is -2.25. The number of nitrogens with zero attached hydrogens (tertiary/aromatic N) is 4. The number of rotatable bonds is 7. The highest BCUT2D eigenvalue weighted by molar-refractivity contribution is 7.07. The molecule has 40 heavy (non-hydrogen) atoms. The van der Waals surface area contributed by atoms with Crippen LogP contribution < -0.4 is 19.8 Å². The highest BCUT2D eigenvalue weighted by Crippen LogP contribution is 2.32. The molecular formula is C29H26N4O6S. The molecule has 1 unspecified atom stereocenters. The molecule has 0 amide bonds. The summed E-state index contributed by atoms with van der Waals surface area (Å²) < 4.78 is 13.2. The van der Waals surface area contributed by atoms with E-state index in [1.165, 1.54) is 28.0 Å². The minimum Gasteiger partial charge on any atom is -0.463 e. The summed E-state index contributed by atoms with van der Waals surface area (Å²) in [6.07, 6.45) is 1.61. The Kier molecular flexibility index (Phi) is 7.22. The van der Waals surface area contributed by atoms with E-state index in [9.17, 15) is 19.7 Å². The Bertz CT molecular complexity index is 1830. The third-order valence-electron chi connectivity index (χ3n) is 6.48. The van der Waals surface area contributed by atoms with Crippen LogP contribution in [0.25, 0.3) is 17.4 Å². The zero-order valence-electron chi connectivity index (χ0n) is 22.3. The van der Waals surface area contributed by atoms with Gasteiger partial charge in [-0.3, -0.25) is 19.5 Å². The summed E-state index contributed by atoms with van der Waals surface area (Å²) in [7, 11) is 3.87. The van der Waals surface area contributed by atoms with Gasteiger partial charge in [-0.1, -0.05) is 35.6 Å². The van der Waals surface area contributed by atoms with Crippen LogP contribution in [0.2, 0.25) is 0 Å². The summed E-state index contributed by atoms with van der Waals surface area (Å²) in [6.45, 7) is 3.66. The maximum absolute atomic E-state index is 13.8. The number of hydrogen-bond acceptors (Lipinski definition) is 9. The Balaban J connectivity index is 1.61. The molecule has 5 rings (SSSR count). The average molecular weight is 559 g/mol. The van der Waals surface area contributed by atoms with E-state index in [2.05, 4.69) is 4.99 Å². The van der Waals surface area contributed by atoms with E-state index in [4.69, 9.17) is 9.15 Å². The van der Waals surface area contributed by atoms with E-state index in [1.54, 1.807) is 44.2 Å². The molecule has 0 bridgehead atoms. The monoisotopic (exact) mass is 558 g/mol. The fourth-order valence-electron chi connectivity index (χ4n) is 4.55. The predicted molar refractivity (Wildman–Crippen MR) is 152 cm³/mol. The maximum atomic E-state index is 13.8. The highest BCUT2D eigenvalue weighted by Gasteiger charge is 2.33. The van der Waals surface area contributed by atoms with Gasteiger partial charge in [0.05, 0.1) is 33.4 Å². The third kappa shape index (κ3) is 4.98. The lowest BCUT2D eigenvalue weighted by molar-refractivity contribution is -0.384. The predicted octanol–water partition coefficient (Wildman–Crippen LogP) is 4.03. The molecule has 2 aromatic heterocycles. The number of ether oxygens (including phenoxy) is 1. The first-order chi connectivity index (χ1) is 19.2. The van der Waals surface area contributed by atoms with Crippen molar-refractivity contribution in [1.82, 2.24) is 4.57 Å². The highest BCUT2D eigenvalue weighted by atomic mass is 32.1. The number of carbonyl (C=O) groups is 1.